The fourth-order valence-corrected chi connectivity index (χ4v) is 2.20. The summed E-state index contributed by atoms with van der Waals surface area (Å²) in [4.78, 5) is 10.4. The van der Waals surface area contributed by atoms with Crippen molar-refractivity contribution in [2.75, 3.05) is 0 Å². The molecule has 0 aliphatic carbocycles. The van der Waals surface area contributed by atoms with Crippen LogP contribution in [0.15, 0.2) is 42.5 Å². The summed E-state index contributed by atoms with van der Waals surface area (Å²) in [6.07, 6.45) is 0. The van der Waals surface area contributed by atoms with Gasteiger partial charge in [0.1, 0.15) is 11.5 Å². The van der Waals surface area contributed by atoms with Crippen molar-refractivity contribution in [1.29, 1.82) is 0 Å². The summed E-state index contributed by atoms with van der Waals surface area (Å²) in [7, 11) is 0. The third-order valence-electron chi connectivity index (χ3n) is 3.15. The van der Waals surface area contributed by atoms with Gasteiger partial charge in [0.25, 0.3) is 5.69 Å². The molecule has 0 saturated carbocycles. The van der Waals surface area contributed by atoms with Crippen molar-refractivity contribution in [3.8, 4) is 11.5 Å². The Labute approximate surface area is 128 Å². The summed E-state index contributed by atoms with van der Waals surface area (Å²) in [6.45, 7) is 4.22. The Morgan fingerprint density at radius 1 is 1.19 bits per heavy atom. The lowest BCUT2D eigenvalue weighted by Crippen LogP contribution is -1.95. The summed E-state index contributed by atoms with van der Waals surface area (Å²) in [5, 5.41) is 10.9. The van der Waals surface area contributed by atoms with Gasteiger partial charge in [-0.05, 0) is 35.7 Å². The molecule has 0 unspecified atom stereocenters. The van der Waals surface area contributed by atoms with Gasteiger partial charge in [0.2, 0.25) is 0 Å². The minimum atomic E-state index is -0.444. The molecule has 0 fully saturated rings. The molecule has 0 aliphatic rings. The van der Waals surface area contributed by atoms with Crippen molar-refractivity contribution in [3.63, 3.8) is 0 Å². The number of hydrogen-bond acceptors (Lipinski definition) is 3. The first-order valence-electron chi connectivity index (χ1n) is 6.62. The van der Waals surface area contributed by atoms with Gasteiger partial charge in [0.05, 0.1) is 10.8 Å². The highest BCUT2D eigenvalue weighted by atomic mass is 35.5. The molecule has 2 aromatic rings. The summed E-state index contributed by atoms with van der Waals surface area (Å²) < 4.78 is 5.77. The number of alkyl halides is 1. The van der Waals surface area contributed by atoms with Gasteiger partial charge in [-0.3, -0.25) is 10.1 Å². The van der Waals surface area contributed by atoms with Gasteiger partial charge in [-0.25, -0.2) is 0 Å². The maximum atomic E-state index is 10.9. The zero-order chi connectivity index (χ0) is 15.4. The van der Waals surface area contributed by atoms with Crippen molar-refractivity contribution >= 4 is 17.3 Å². The van der Waals surface area contributed by atoms with Crippen molar-refractivity contribution in [2.45, 2.75) is 25.6 Å². The number of benzene rings is 2. The molecule has 4 nitrogen and oxygen atoms in total. The van der Waals surface area contributed by atoms with E-state index in [1.807, 2.05) is 24.3 Å². The Bertz CT molecular complexity index is 656. The van der Waals surface area contributed by atoms with E-state index in [4.69, 9.17) is 16.3 Å². The van der Waals surface area contributed by atoms with Crippen molar-refractivity contribution in [1.82, 2.24) is 0 Å². The smallest absolute Gasteiger partial charge is 0.274 e. The van der Waals surface area contributed by atoms with Crippen LogP contribution < -0.4 is 4.74 Å². The molecule has 0 bridgehead atoms. The Morgan fingerprint density at radius 3 is 2.52 bits per heavy atom. The van der Waals surface area contributed by atoms with E-state index < -0.39 is 4.92 Å². The van der Waals surface area contributed by atoms with Gasteiger partial charge in [0.15, 0.2) is 0 Å². The molecule has 0 amide bonds. The predicted molar refractivity (Wildman–Crippen MR) is 83.3 cm³/mol. The van der Waals surface area contributed by atoms with Crippen LogP contribution in [0.5, 0.6) is 11.5 Å². The lowest BCUT2D eigenvalue weighted by Gasteiger charge is -2.10. The molecule has 21 heavy (non-hydrogen) atoms. The van der Waals surface area contributed by atoms with Crippen LogP contribution in [0.4, 0.5) is 5.69 Å². The normalized spacial score (nSPS) is 10.7. The van der Waals surface area contributed by atoms with E-state index in [9.17, 15) is 10.1 Å². The van der Waals surface area contributed by atoms with Gasteiger partial charge >= 0.3 is 0 Å². The summed E-state index contributed by atoms with van der Waals surface area (Å²) in [5.74, 6) is 1.72. The van der Waals surface area contributed by atoms with Crippen LogP contribution in [-0.4, -0.2) is 4.92 Å². The Hall–Kier alpha value is -2.07. The first-order chi connectivity index (χ1) is 10.0. The van der Waals surface area contributed by atoms with E-state index in [0.717, 1.165) is 0 Å². The molecule has 5 heteroatoms. The number of hydrogen-bond donors (Lipinski definition) is 0. The van der Waals surface area contributed by atoms with Crippen molar-refractivity contribution in [2.24, 2.45) is 0 Å². The fraction of sp³-hybridized carbons (Fsp3) is 0.250. The summed E-state index contributed by atoms with van der Waals surface area (Å²) in [5.41, 5.74) is 1.62. The predicted octanol–water partition coefficient (Wildman–Crippen LogP) is 5.25. The fourth-order valence-electron chi connectivity index (χ4n) is 1.98. The molecule has 0 aliphatic heterocycles. The molecule has 2 rings (SSSR count). The van der Waals surface area contributed by atoms with E-state index in [1.54, 1.807) is 12.1 Å². The monoisotopic (exact) mass is 305 g/mol. The van der Waals surface area contributed by atoms with Gasteiger partial charge in [-0.15, -0.1) is 11.6 Å². The van der Waals surface area contributed by atoms with E-state index in [-0.39, 0.29) is 11.6 Å². The molecule has 0 radical (unpaired) electrons. The van der Waals surface area contributed by atoms with E-state index >= 15 is 0 Å². The zero-order valence-electron chi connectivity index (χ0n) is 11.9. The molecule has 2 aromatic carbocycles. The highest BCUT2D eigenvalue weighted by Crippen LogP contribution is 2.30. The van der Waals surface area contributed by atoms with Crippen molar-refractivity contribution in [3.05, 3.63) is 63.7 Å². The third-order valence-corrected chi connectivity index (χ3v) is 3.44. The summed E-state index contributed by atoms with van der Waals surface area (Å²) >= 11 is 5.76. The van der Waals surface area contributed by atoms with Crippen LogP contribution in [0, 0.1) is 10.1 Å². The maximum absolute atomic E-state index is 10.9. The maximum Gasteiger partial charge on any atom is 0.274 e. The van der Waals surface area contributed by atoms with Crippen LogP contribution in [0.2, 0.25) is 0 Å². The molecular weight excluding hydrogens is 290 g/mol. The lowest BCUT2D eigenvalue weighted by atomic mass is 10.0. The number of nitrogens with zero attached hydrogens (tertiary/aromatic N) is 1. The third kappa shape index (κ3) is 3.73. The highest BCUT2D eigenvalue weighted by molar-refractivity contribution is 6.17. The molecule has 0 heterocycles. The minimum Gasteiger partial charge on any atom is -0.457 e. The SMILES string of the molecule is CC(C)c1cccc(Oc2ccc([N+](=O)[O-])c(CCl)c2)c1. The number of nitro benzene ring substituents is 1. The number of ether oxygens (including phenoxy) is 1. The number of halogens is 1. The second-order valence-electron chi connectivity index (χ2n) is 5.01. The summed E-state index contributed by atoms with van der Waals surface area (Å²) in [6, 6.07) is 12.4. The Balaban J connectivity index is 2.27. The van der Waals surface area contributed by atoms with Crippen molar-refractivity contribution < 1.29 is 9.66 Å². The van der Waals surface area contributed by atoms with Crippen LogP contribution in [0.3, 0.4) is 0 Å². The average Bonchev–Trinajstić information content (AvgIpc) is 2.47. The minimum absolute atomic E-state index is 0.00767. The lowest BCUT2D eigenvalue weighted by molar-refractivity contribution is -0.385. The first kappa shape index (κ1) is 15.3. The molecule has 0 saturated heterocycles. The van der Waals surface area contributed by atoms with Crippen LogP contribution in [-0.2, 0) is 5.88 Å². The van der Waals surface area contributed by atoms with E-state index in [0.29, 0.717) is 23.0 Å². The number of rotatable bonds is 5. The van der Waals surface area contributed by atoms with Gasteiger partial charge in [-0.2, -0.15) is 0 Å². The van der Waals surface area contributed by atoms with Crippen LogP contribution >= 0.6 is 11.6 Å². The van der Waals surface area contributed by atoms with Gasteiger partial charge < -0.3 is 4.74 Å². The zero-order valence-corrected chi connectivity index (χ0v) is 12.6. The Morgan fingerprint density at radius 2 is 1.90 bits per heavy atom. The largest absolute Gasteiger partial charge is 0.457 e. The van der Waals surface area contributed by atoms with E-state index in [1.165, 1.54) is 11.6 Å². The standard InChI is InChI=1S/C16H16ClNO3/c1-11(2)12-4-3-5-14(8-12)21-15-6-7-16(18(19)20)13(9-15)10-17/h3-9,11H,10H2,1-2H3. The quantitative estimate of drug-likeness (QED) is 0.430. The molecule has 0 spiro atoms. The Kier molecular flexibility index (Phi) is 4.81. The van der Waals surface area contributed by atoms with Crippen LogP contribution in [0.25, 0.3) is 0 Å². The van der Waals surface area contributed by atoms with Gasteiger partial charge in [-0.1, -0.05) is 26.0 Å². The van der Waals surface area contributed by atoms with Gasteiger partial charge in [0, 0.05) is 11.6 Å². The second kappa shape index (κ2) is 6.59. The second-order valence-corrected chi connectivity index (χ2v) is 5.28. The van der Waals surface area contributed by atoms with Crippen LogP contribution in [0.1, 0.15) is 30.9 Å². The first-order valence-corrected chi connectivity index (χ1v) is 7.16. The molecule has 110 valence electrons. The highest BCUT2D eigenvalue weighted by Gasteiger charge is 2.14. The molecule has 0 atom stereocenters. The topological polar surface area (TPSA) is 52.4 Å². The molecule has 0 aromatic heterocycles. The average molecular weight is 306 g/mol. The molecular formula is C16H16ClNO3. The molecule has 0 N–H and O–H groups in total. The number of nitro groups is 1. The van der Waals surface area contributed by atoms with E-state index in [2.05, 4.69) is 13.8 Å².